The van der Waals surface area contributed by atoms with Gasteiger partial charge in [0.1, 0.15) is 17.7 Å². The molecular weight excluding hydrogens is 292 g/mol. The molecule has 1 atom stereocenters. The molecule has 0 saturated carbocycles. The van der Waals surface area contributed by atoms with Gasteiger partial charge in [-0.1, -0.05) is 0 Å². The second-order valence-electron chi connectivity index (χ2n) is 5.93. The van der Waals surface area contributed by atoms with Gasteiger partial charge in [-0.15, -0.1) is 0 Å². The van der Waals surface area contributed by atoms with E-state index in [-0.39, 0.29) is 5.91 Å². The third-order valence-corrected chi connectivity index (χ3v) is 4.29. The summed E-state index contributed by atoms with van der Waals surface area (Å²) < 4.78 is 0. The van der Waals surface area contributed by atoms with Crippen LogP contribution in [0.5, 0.6) is 0 Å². The summed E-state index contributed by atoms with van der Waals surface area (Å²) in [5.41, 5.74) is 0.843. The maximum atomic E-state index is 12.9. The first-order valence-corrected chi connectivity index (χ1v) is 7.65. The Morgan fingerprint density at radius 2 is 2.04 bits per heavy atom. The Balaban J connectivity index is 2.00. The third kappa shape index (κ3) is 2.74. The molecule has 1 unspecified atom stereocenters. The van der Waals surface area contributed by atoms with Crippen molar-refractivity contribution in [3.05, 3.63) is 41.9 Å². The van der Waals surface area contributed by atoms with Gasteiger partial charge in [0.05, 0.1) is 5.56 Å². The maximum absolute atomic E-state index is 12.9. The number of hydrogen-bond donors (Lipinski definition) is 1. The summed E-state index contributed by atoms with van der Waals surface area (Å²) in [5.74, 6) is 1.35. The van der Waals surface area contributed by atoms with Crippen molar-refractivity contribution in [2.75, 3.05) is 18.9 Å². The number of carbonyl (C=O) groups is 1. The molecule has 0 radical (unpaired) electrons. The summed E-state index contributed by atoms with van der Waals surface area (Å²) in [5, 5.41) is 3.05. The zero-order chi connectivity index (χ0) is 16.4. The first-order valence-electron chi connectivity index (χ1n) is 7.65. The highest BCUT2D eigenvalue weighted by molar-refractivity contribution is 5.94. The van der Waals surface area contributed by atoms with E-state index < -0.39 is 5.54 Å². The molecule has 1 fully saturated rings. The van der Waals surface area contributed by atoms with Crippen molar-refractivity contribution in [3.8, 4) is 0 Å². The average molecular weight is 312 g/mol. The van der Waals surface area contributed by atoms with Crippen LogP contribution in [0.25, 0.3) is 0 Å². The van der Waals surface area contributed by atoms with E-state index in [1.165, 1.54) is 6.33 Å². The summed E-state index contributed by atoms with van der Waals surface area (Å²) >= 11 is 0. The smallest absolute Gasteiger partial charge is 0.257 e. The summed E-state index contributed by atoms with van der Waals surface area (Å²) in [6, 6.07) is 1.89. The minimum atomic E-state index is -0.523. The summed E-state index contributed by atoms with van der Waals surface area (Å²) in [6.07, 6.45) is 6.26. The number of likely N-dealkylation sites (tertiary alicyclic amines) is 1. The maximum Gasteiger partial charge on any atom is 0.257 e. The summed E-state index contributed by atoms with van der Waals surface area (Å²) in [6.45, 7) is 4.63. The Hall–Kier alpha value is -2.57. The predicted molar refractivity (Wildman–Crippen MR) is 86.0 cm³/mol. The number of rotatable bonds is 3. The summed E-state index contributed by atoms with van der Waals surface area (Å²) in [7, 11) is 1.83. The monoisotopic (exact) mass is 312 g/mol. The molecule has 2 aromatic heterocycles. The molecule has 1 aliphatic rings. The average Bonchev–Trinajstić information content (AvgIpc) is 2.97. The number of hydrogen-bond acceptors (Lipinski definition) is 6. The van der Waals surface area contributed by atoms with Crippen LogP contribution >= 0.6 is 0 Å². The fraction of sp³-hybridized carbons (Fsp3) is 0.438. The number of aromatic nitrogens is 4. The van der Waals surface area contributed by atoms with Gasteiger partial charge in [-0.25, -0.2) is 19.9 Å². The van der Waals surface area contributed by atoms with Crippen LogP contribution in [0.1, 0.15) is 41.6 Å². The van der Waals surface area contributed by atoms with Gasteiger partial charge in [0.25, 0.3) is 5.91 Å². The van der Waals surface area contributed by atoms with Crippen LogP contribution in [0.2, 0.25) is 0 Å². The minimum Gasteiger partial charge on any atom is -0.373 e. The van der Waals surface area contributed by atoms with Gasteiger partial charge < -0.3 is 10.2 Å². The van der Waals surface area contributed by atoms with Crippen LogP contribution < -0.4 is 5.32 Å². The highest BCUT2D eigenvalue weighted by Crippen LogP contribution is 2.38. The molecule has 23 heavy (non-hydrogen) atoms. The molecular formula is C16H20N6O. The highest BCUT2D eigenvalue weighted by Gasteiger charge is 2.44. The van der Waals surface area contributed by atoms with Crippen molar-refractivity contribution in [1.82, 2.24) is 24.8 Å². The van der Waals surface area contributed by atoms with Crippen LogP contribution in [0.4, 0.5) is 5.82 Å². The molecule has 1 amide bonds. The molecule has 1 saturated heterocycles. The molecule has 7 nitrogen and oxygen atoms in total. The van der Waals surface area contributed by atoms with Crippen molar-refractivity contribution in [2.45, 2.75) is 32.2 Å². The van der Waals surface area contributed by atoms with Gasteiger partial charge in [0.2, 0.25) is 0 Å². The van der Waals surface area contributed by atoms with Crippen LogP contribution in [-0.4, -0.2) is 44.3 Å². The molecule has 3 rings (SSSR count). The van der Waals surface area contributed by atoms with Crippen LogP contribution in [0.15, 0.2) is 24.8 Å². The van der Waals surface area contributed by atoms with E-state index in [0.717, 1.165) is 24.4 Å². The van der Waals surface area contributed by atoms with E-state index in [2.05, 4.69) is 25.3 Å². The zero-order valence-electron chi connectivity index (χ0n) is 13.6. The van der Waals surface area contributed by atoms with Crippen molar-refractivity contribution in [2.24, 2.45) is 0 Å². The number of carbonyl (C=O) groups excluding carboxylic acids is 1. The second-order valence-corrected chi connectivity index (χ2v) is 5.93. The molecule has 0 aliphatic carbocycles. The Morgan fingerprint density at radius 1 is 1.30 bits per heavy atom. The van der Waals surface area contributed by atoms with Gasteiger partial charge in [-0.2, -0.15) is 0 Å². The Kier molecular flexibility index (Phi) is 3.94. The van der Waals surface area contributed by atoms with Crippen LogP contribution in [-0.2, 0) is 5.54 Å². The number of anilines is 1. The molecule has 3 heterocycles. The standard InChI is InChI=1S/C16H20N6O/c1-11-7-13(17-3)21-15(20-11)16(2)5-4-6-22(16)14(23)12-8-18-10-19-9-12/h7-10H,4-6H2,1-3H3,(H,17,20,21). The second kappa shape index (κ2) is 5.91. The van der Waals surface area contributed by atoms with E-state index in [9.17, 15) is 4.79 Å². The number of nitrogens with zero attached hydrogens (tertiary/aromatic N) is 5. The number of aryl methyl sites for hydroxylation is 1. The normalized spacial score (nSPS) is 20.6. The molecule has 120 valence electrons. The van der Waals surface area contributed by atoms with E-state index in [1.807, 2.05) is 31.9 Å². The van der Waals surface area contributed by atoms with E-state index in [0.29, 0.717) is 17.9 Å². The third-order valence-electron chi connectivity index (χ3n) is 4.29. The van der Waals surface area contributed by atoms with Crippen molar-refractivity contribution in [3.63, 3.8) is 0 Å². The molecule has 2 aromatic rings. The molecule has 0 aromatic carbocycles. The zero-order valence-corrected chi connectivity index (χ0v) is 13.6. The Labute approximate surface area is 135 Å². The lowest BCUT2D eigenvalue weighted by molar-refractivity contribution is 0.0603. The highest BCUT2D eigenvalue weighted by atomic mass is 16.2. The number of amides is 1. The van der Waals surface area contributed by atoms with Gasteiger partial charge in [0.15, 0.2) is 5.82 Å². The van der Waals surface area contributed by atoms with Crippen molar-refractivity contribution >= 4 is 11.7 Å². The van der Waals surface area contributed by atoms with Gasteiger partial charge in [-0.05, 0) is 26.7 Å². The van der Waals surface area contributed by atoms with E-state index in [4.69, 9.17) is 0 Å². The molecule has 1 aliphatic heterocycles. The molecule has 0 spiro atoms. The fourth-order valence-corrected chi connectivity index (χ4v) is 3.02. The Bertz CT molecular complexity index is 720. The lowest BCUT2D eigenvalue weighted by Gasteiger charge is -2.34. The van der Waals surface area contributed by atoms with Crippen LogP contribution in [0, 0.1) is 6.92 Å². The molecule has 0 bridgehead atoms. The Morgan fingerprint density at radius 3 is 2.74 bits per heavy atom. The van der Waals surface area contributed by atoms with Gasteiger partial charge >= 0.3 is 0 Å². The van der Waals surface area contributed by atoms with Crippen molar-refractivity contribution in [1.29, 1.82) is 0 Å². The number of nitrogens with one attached hydrogen (secondary N) is 1. The lowest BCUT2D eigenvalue weighted by atomic mass is 9.97. The largest absolute Gasteiger partial charge is 0.373 e. The summed E-state index contributed by atoms with van der Waals surface area (Å²) in [4.78, 5) is 31.7. The molecule has 7 heteroatoms. The first-order chi connectivity index (χ1) is 11.0. The van der Waals surface area contributed by atoms with Gasteiger partial charge in [0, 0.05) is 37.7 Å². The lowest BCUT2D eigenvalue weighted by Crippen LogP contribution is -2.44. The first kappa shape index (κ1) is 15.3. The van der Waals surface area contributed by atoms with Crippen molar-refractivity contribution < 1.29 is 4.79 Å². The molecule has 1 N–H and O–H groups in total. The predicted octanol–water partition coefficient (Wildman–Crippen LogP) is 1.77. The topological polar surface area (TPSA) is 83.9 Å². The van der Waals surface area contributed by atoms with Gasteiger partial charge in [-0.3, -0.25) is 4.79 Å². The SMILES string of the molecule is CNc1cc(C)nc(C2(C)CCCN2C(=O)c2cncnc2)n1. The van der Waals surface area contributed by atoms with Crippen LogP contribution in [0.3, 0.4) is 0 Å². The van der Waals surface area contributed by atoms with E-state index >= 15 is 0 Å². The van der Waals surface area contributed by atoms with E-state index in [1.54, 1.807) is 12.4 Å². The fourth-order valence-electron chi connectivity index (χ4n) is 3.02. The quantitative estimate of drug-likeness (QED) is 0.930. The minimum absolute atomic E-state index is 0.0817.